The zero-order valence-corrected chi connectivity index (χ0v) is 10.9. The predicted molar refractivity (Wildman–Crippen MR) is 69.6 cm³/mol. The van der Waals surface area contributed by atoms with E-state index in [0.29, 0.717) is 17.9 Å². The van der Waals surface area contributed by atoms with Gasteiger partial charge in [0.25, 0.3) is 5.91 Å². The standard InChI is InChI=1S/C12H16ClN3O2/c1-7-4-9(2-3-18-7)16-12(17)10-5-8(14)6-15-11(10)13/h5-7,9H,2-4,14H2,1H3,(H,16,17). The monoisotopic (exact) mass is 269 g/mol. The third kappa shape index (κ3) is 3.11. The number of halogens is 1. The number of carbonyl (C=O) groups excluding carboxylic acids is 1. The van der Waals surface area contributed by atoms with Gasteiger partial charge in [0, 0.05) is 12.6 Å². The zero-order valence-electron chi connectivity index (χ0n) is 10.1. The highest BCUT2D eigenvalue weighted by atomic mass is 35.5. The number of hydrogen-bond donors (Lipinski definition) is 2. The summed E-state index contributed by atoms with van der Waals surface area (Å²) in [4.78, 5) is 15.9. The predicted octanol–water partition coefficient (Wildman–Crippen LogP) is 1.61. The van der Waals surface area contributed by atoms with Crippen molar-refractivity contribution in [2.45, 2.75) is 31.9 Å². The molecule has 1 aliphatic heterocycles. The van der Waals surface area contributed by atoms with Gasteiger partial charge in [-0.2, -0.15) is 0 Å². The second-order valence-electron chi connectivity index (χ2n) is 4.48. The topological polar surface area (TPSA) is 77.2 Å². The van der Waals surface area contributed by atoms with Gasteiger partial charge in [-0.05, 0) is 25.8 Å². The zero-order chi connectivity index (χ0) is 13.1. The Morgan fingerprint density at radius 2 is 2.44 bits per heavy atom. The first-order chi connectivity index (χ1) is 8.56. The van der Waals surface area contributed by atoms with Crippen LogP contribution >= 0.6 is 11.6 Å². The molecule has 1 amide bonds. The summed E-state index contributed by atoms with van der Waals surface area (Å²) in [5.41, 5.74) is 6.34. The van der Waals surface area contributed by atoms with Crippen molar-refractivity contribution in [1.29, 1.82) is 0 Å². The van der Waals surface area contributed by atoms with Gasteiger partial charge in [-0.25, -0.2) is 4.98 Å². The Kier molecular flexibility index (Phi) is 4.04. The molecule has 1 saturated heterocycles. The van der Waals surface area contributed by atoms with Crippen LogP contribution in [0.2, 0.25) is 5.15 Å². The lowest BCUT2D eigenvalue weighted by Gasteiger charge is -2.28. The molecular weight excluding hydrogens is 254 g/mol. The van der Waals surface area contributed by atoms with E-state index in [9.17, 15) is 4.79 Å². The Morgan fingerprint density at radius 3 is 3.17 bits per heavy atom. The second kappa shape index (κ2) is 5.54. The number of rotatable bonds is 2. The van der Waals surface area contributed by atoms with Crippen molar-refractivity contribution in [2.24, 2.45) is 0 Å². The molecule has 3 N–H and O–H groups in total. The van der Waals surface area contributed by atoms with Crippen molar-refractivity contribution in [3.05, 3.63) is 23.0 Å². The van der Waals surface area contributed by atoms with Crippen LogP contribution in [0.5, 0.6) is 0 Å². The number of nitrogens with one attached hydrogen (secondary N) is 1. The number of nitrogens with zero attached hydrogens (tertiary/aromatic N) is 1. The van der Waals surface area contributed by atoms with E-state index in [4.69, 9.17) is 22.1 Å². The van der Waals surface area contributed by atoms with Crippen molar-refractivity contribution < 1.29 is 9.53 Å². The summed E-state index contributed by atoms with van der Waals surface area (Å²) >= 11 is 5.89. The first-order valence-corrected chi connectivity index (χ1v) is 6.27. The molecule has 0 saturated carbocycles. The fourth-order valence-corrected chi connectivity index (χ4v) is 2.20. The maximum Gasteiger partial charge on any atom is 0.254 e. The molecule has 2 rings (SSSR count). The summed E-state index contributed by atoms with van der Waals surface area (Å²) < 4.78 is 5.43. The number of anilines is 1. The third-order valence-corrected chi connectivity index (χ3v) is 3.23. The van der Waals surface area contributed by atoms with Gasteiger partial charge in [0.05, 0.1) is 23.6 Å². The number of aromatic nitrogens is 1. The molecule has 2 heterocycles. The van der Waals surface area contributed by atoms with E-state index >= 15 is 0 Å². The van der Waals surface area contributed by atoms with Crippen molar-refractivity contribution in [3.8, 4) is 0 Å². The molecule has 0 radical (unpaired) electrons. The highest BCUT2D eigenvalue weighted by molar-refractivity contribution is 6.32. The highest BCUT2D eigenvalue weighted by Gasteiger charge is 2.22. The van der Waals surface area contributed by atoms with Crippen molar-refractivity contribution in [2.75, 3.05) is 12.3 Å². The smallest absolute Gasteiger partial charge is 0.254 e. The molecule has 1 fully saturated rings. The van der Waals surface area contributed by atoms with Crippen LogP contribution in [0.15, 0.2) is 12.3 Å². The number of nitrogen functional groups attached to an aromatic ring is 1. The van der Waals surface area contributed by atoms with Gasteiger partial charge in [0.15, 0.2) is 0 Å². The summed E-state index contributed by atoms with van der Waals surface area (Å²) in [6.45, 7) is 2.66. The largest absolute Gasteiger partial charge is 0.397 e. The minimum absolute atomic E-state index is 0.110. The molecule has 2 unspecified atom stereocenters. The van der Waals surface area contributed by atoms with Gasteiger partial charge in [-0.15, -0.1) is 0 Å². The van der Waals surface area contributed by atoms with Crippen LogP contribution in [0.4, 0.5) is 5.69 Å². The molecule has 5 nitrogen and oxygen atoms in total. The summed E-state index contributed by atoms with van der Waals surface area (Å²) in [6, 6.07) is 1.65. The van der Waals surface area contributed by atoms with Gasteiger partial charge >= 0.3 is 0 Å². The minimum Gasteiger partial charge on any atom is -0.397 e. The van der Waals surface area contributed by atoms with Gasteiger partial charge in [-0.1, -0.05) is 11.6 Å². The molecule has 0 aromatic carbocycles. The van der Waals surface area contributed by atoms with Crippen molar-refractivity contribution in [1.82, 2.24) is 10.3 Å². The fraction of sp³-hybridized carbons (Fsp3) is 0.500. The SMILES string of the molecule is CC1CC(NC(=O)c2cc(N)cnc2Cl)CCO1. The Labute approximate surface area is 111 Å². The molecular formula is C12H16ClN3O2. The number of nitrogens with two attached hydrogens (primary N) is 1. The second-order valence-corrected chi connectivity index (χ2v) is 4.84. The average Bonchev–Trinajstić information content (AvgIpc) is 2.32. The lowest BCUT2D eigenvalue weighted by Crippen LogP contribution is -2.41. The lowest BCUT2D eigenvalue weighted by molar-refractivity contribution is 0.0136. The number of pyridine rings is 1. The molecule has 0 bridgehead atoms. The lowest BCUT2D eigenvalue weighted by atomic mass is 10.0. The summed E-state index contributed by atoms with van der Waals surface area (Å²) in [5, 5.41) is 3.10. The van der Waals surface area contributed by atoms with Crippen LogP contribution in [0.3, 0.4) is 0 Å². The van der Waals surface area contributed by atoms with Crippen LogP contribution in [0, 0.1) is 0 Å². The van der Waals surface area contributed by atoms with Crippen molar-refractivity contribution >= 4 is 23.2 Å². The van der Waals surface area contributed by atoms with Crippen LogP contribution < -0.4 is 11.1 Å². The Balaban J connectivity index is 2.05. The molecule has 0 aliphatic carbocycles. The quantitative estimate of drug-likeness (QED) is 0.800. The van der Waals surface area contributed by atoms with Crippen molar-refractivity contribution in [3.63, 3.8) is 0 Å². The Hall–Kier alpha value is -1.33. The number of ether oxygens (including phenoxy) is 1. The van der Waals surface area contributed by atoms with E-state index in [1.165, 1.54) is 12.3 Å². The summed E-state index contributed by atoms with van der Waals surface area (Å²) in [6.07, 6.45) is 3.21. The number of carbonyl (C=O) groups is 1. The molecule has 1 aromatic heterocycles. The van der Waals surface area contributed by atoms with E-state index in [-0.39, 0.29) is 23.2 Å². The average molecular weight is 270 g/mol. The van der Waals surface area contributed by atoms with E-state index in [2.05, 4.69) is 10.3 Å². The molecule has 18 heavy (non-hydrogen) atoms. The summed E-state index contributed by atoms with van der Waals surface area (Å²) in [5.74, 6) is -0.237. The van der Waals surface area contributed by atoms with E-state index in [0.717, 1.165) is 12.8 Å². The highest BCUT2D eigenvalue weighted by Crippen LogP contribution is 2.18. The molecule has 6 heteroatoms. The molecule has 1 aromatic rings. The van der Waals surface area contributed by atoms with Gasteiger partial charge < -0.3 is 15.8 Å². The van der Waals surface area contributed by atoms with Crippen LogP contribution in [0.1, 0.15) is 30.1 Å². The molecule has 0 spiro atoms. The first kappa shape index (κ1) is 13.1. The van der Waals surface area contributed by atoms with Gasteiger partial charge in [0.2, 0.25) is 0 Å². The maximum absolute atomic E-state index is 12.1. The van der Waals surface area contributed by atoms with Gasteiger partial charge in [-0.3, -0.25) is 4.79 Å². The Morgan fingerprint density at radius 1 is 1.67 bits per heavy atom. The molecule has 98 valence electrons. The third-order valence-electron chi connectivity index (χ3n) is 2.93. The Bertz CT molecular complexity index is 453. The number of hydrogen-bond acceptors (Lipinski definition) is 4. The summed E-state index contributed by atoms with van der Waals surface area (Å²) in [7, 11) is 0. The maximum atomic E-state index is 12.1. The fourth-order valence-electron chi connectivity index (χ4n) is 2.02. The molecule has 2 atom stereocenters. The van der Waals surface area contributed by atoms with Crippen LogP contribution in [-0.4, -0.2) is 29.6 Å². The van der Waals surface area contributed by atoms with Gasteiger partial charge in [0.1, 0.15) is 5.15 Å². The van der Waals surface area contributed by atoms with E-state index in [1.54, 1.807) is 0 Å². The first-order valence-electron chi connectivity index (χ1n) is 5.89. The van der Waals surface area contributed by atoms with E-state index < -0.39 is 0 Å². The van der Waals surface area contributed by atoms with E-state index in [1.807, 2.05) is 6.92 Å². The molecule has 1 aliphatic rings. The number of amides is 1. The van der Waals surface area contributed by atoms with Crippen LogP contribution in [-0.2, 0) is 4.74 Å². The normalized spacial score (nSPS) is 23.7. The van der Waals surface area contributed by atoms with Crippen LogP contribution in [0.25, 0.3) is 0 Å². The minimum atomic E-state index is -0.237.